The summed E-state index contributed by atoms with van der Waals surface area (Å²) in [6, 6.07) is 8.72. The van der Waals surface area contributed by atoms with Gasteiger partial charge in [0.1, 0.15) is 11.6 Å². The first-order chi connectivity index (χ1) is 8.25. The van der Waals surface area contributed by atoms with Crippen molar-refractivity contribution >= 4 is 0 Å². The average molecular weight is 231 g/mol. The molecule has 0 saturated carbocycles. The first-order valence-corrected chi connectivity index (χ1v) is 5.82. The molecule has 88 valence electrons. The van der Waals surface area contributed by atoms with Gasteiger partial charge in [-0.2, -0.15) is 0 Å². The van der Waals surface area contributed by atoms with E-state index in [4.69, 9.17) is 4.42 Å². The molecular weight excluding hydrogens is 217 g/mol. The maximum Gasteiger partial charge on any atom is 0.123 e. The summed E-state index contributed by atoms with van der Waals surface area (Å²) in [6.45, 7) is 2.97. The van der Waals surface area contributed by atoms with E-state index < -0.39 is 0 Å². The van der Waals surface area contributed by atoms with Gasteiger partial charge in [-0.3, -0.25) is 0 Å². The zero-order chi connectivity index (χ0) is 11.8. The van der Waals surface area contributed by atoms with Crippen LogP contribution in [0.15, 0.2) is 41.0 Å². The summed E-state index contributed by atoms with van der Waals surface area (Å²) in [6.07, 6.45) is 1.71. The minimum atomic E-state index is -0.201. The van der Waals surface area contributed by atoms with Gasteiger partial charge in [0.05, 0.1) is 12.3 Å². The fraction of sp³-hybridized carbons (Fsp3) is 0.286. The van der Waals surface area contributed by atoms with Gasteiger partial charge in [0.2, 0.25) is 0 Å². The van der Waals surface area contributed by atoms with Crippen LogP contribution in [-0.2, 0) is 0 Å². The van der Waals surface area contributed by atoms with E-state index in [9.17, 15) is 4.39 Å². The van der Waals surface area contributed by atoms with Crippen LogP contribution in [0.25, 0.3) is 0 Å². The minimum Gasteiger partial charge on any atom is -0.469 e. The molecule has 0 radical (unpaired) electrons. The number of hydrogen-bond donors (Lipinski definition) is 1. The molecule has 0 saturated heterocycles. The molecule has 1 aliphatic rings. The molecular formula is C14H14FNO. The summed E-state index contributed by atoms with van der Waals surface area (Å²) in [5, 5.41) is 3.43. The number of nitrogens with one attached hydrogen (secondary N) is 1. The van der Waals surface area contributed by atoms with Crippen molar-refractivity contribution in [3.63, 3.8) is 0 Å². The number of halogens is 1. The summed E-state index contributed by atoms with van der Waals surface area (Å²) in [4.78, 5) is 0. The van der Waals surface area contributed by atoms with Crippen molar-refractivity contribution in [2.75, 3.05) is 6.54 Å². The molecule has 1 aromatic heterocycles. The van der Waals surface area contributed by atoms with Gasteiger partial charge in [-0.1, -0.05) is 19.1 Å². The lowest BCUT2D eigenvalue weighted by Gasteiger charge is -2.27. The molecule has 0 bridgehead atoms. The zero-order valence-corrected chi connectivity index (χ0v) is 9.61. The van der Waals surface area contributed by atoms with Crippen LogP contribution in [0.4, 0.5) is 4.39 Å². The summed E-state index contributed by atoms with van der Waals surface area (Å²) >= 11 is 0. The van der Waals surface area contributed by atoms with Gasteiger partial charge in [-0.05, 0) is 23.8 Å². The van der Waals surface area contributed by atoms with E-state index in [-0.39, 0.29) is 11.9 Å². The van der Waals surface area contributed by atoms with Crippen LogP contribution in [0.2, 0.25) is 0 Å². The molecule has 0 spiro atoms. The molecule has 0 amide bonds. The topological polar surface area (TPSA) is 25.2 Å². The highest BCUT2D eigenvalue weighted by Gasteiger charge is 2.28. The highest BCUT2D eigenvalue weighted by Crippen LogP contribution is 2.34. The molecule has 2 unspecified atom stereocenters. The third-order valence-electron chi connectivity index (χ3n) is 3.30. The number of benzene rings is 1. The molecule has 3 rings (SSSR count). The Hall–Kier alpha value is -1.61. The molecule has 3 heteroatoms. The second-order valence-corrected chi connectivity index (χ2v) is 4.54. The Morgan fingerprint density at radius 3 is 3.06 bits per heavy atom. The second-order valence-electron chi connectivity index (χ2n) is 4.54. The fourth-order valence-corrected chi connectivity index (χ4v) is 2.45. The largest absolute Gasteiger partial charge is 0.469 e. The van der Waals surface area contributed by atoms with Gasteiger partial charge < -0.3 is 9.73 Å². The van der Waals surface area contributed by atoms with Crippen molar-refractivity contribution < 1.29 is 8.81 Å². The van der Waals surface area contributed by atoms with Crippen molar-refractivity contribution in [1.82, 2.24) is 5.32 Å². The fourth-order valence-electron chi connectivity index (χ4n) is 2.45. The molecule has 1 aliphatic heterocycles. The molecule has 1 aromatic carbocycles. The van der Waals surface area contributed by atoms with E-state index in [1.54, 1.807) is 18.4 Å². The van der Waals surface area contributed by atoms with Crippen LogP contribution < -0.4 is 5.32 Å². The lowest BCUT2D eigenvalue weighted by molar-refractivity contribution is 0.413. The Morgan fingerprint density at radius 1 is 1.35 bits per heavy atom. The third kappa shape index (κ3) is 1.76. The van der Waals surface area contributed by atoms with Crippen molar-refractivity contribution in [3.8, 4) is 0 Å². The molecule has 1 N–H and O–H groups in total. The van der Waals surface area contributed by atoms with Gasteiger partial charge in [-0.15, -0.1) is 0 Å². The number of rotatable bonds is 1. The van der Waals surface area contributed by atoms with E-state index in [0.717, 1.165) is 23.4 Å². The van der Waals surface area contributed by atoms with Crippen LogP contribution in [0, 0.1) is 5.82 Å². The van der Waals surface area contributed by atoms with Gasteiger partial charge in [0, 0.05) is 18.0 Å². The van der Waals surface area contributed by atoms with Crippen molar-refractivity contribution in [3.05, 3.63) is 59.3 Å². The highest BCUT2D eigenvalue weighted by atomic mass is 19.1. The van der Waals surface area contributed by atoms with Gasteiger partial charge >= 0.3 is 0 Å². The Labute approximate surface area is 99.5 Å². The SMILES string of the molecule is CC1CNC(c2cccc(F)c2)c2ccoc21. The first-order valence-electron chi connectivity index (χ1n) is 5.82. The minimum absolute atomic E-state index is 0.0376. The first kappa shape index (κ1) is 10.5. The maximum atomic E-state index is 13.2. The monoisotopic (exact) mass is 231 g/mol. The summed E-state index contributed by atoms with van der Waals surface area (Å²) in [5.74, 6) is 1.18. The summed E-state index contributed by atoms with van der Waals surface area (Å²) < 4.78 is 18.8. The molecule has 2 heterocycles. The van der Waals surface area contributed by atoms with Crippen LogP contribution in [0.5, 0.6) is 0 Å². The second kappa shape index (κ2) is 4.00. The number of fused-ring (bicyclic) bond motifs is 1. The molecule has 17 heavy (non-hydrogen) atoms. The van der Waals surface area contributed by atoms with E-state index in [1.807, 2.05) is 12.1 Å². The maximum absolute atomic E-state index is 13.2. The van der Waals surface area contributed by atoms with Crippen LogP contribution in [0.1, 0.15) is 35.8 Å². The van der Waals surface area contributed by atoms with E-state index >= 15 is 0 Å². The smallest absolute Gasteiger partial charge is 0.123 e. The number of furan rings is 1. The average Bonchev–Trinajstić information content (AvgIpc) is 2.79. The molecule has 0 fully saturated rings. The summed E-state index contributed by atoms with van der Waals surface area (Å²) in [5.41, 5.74) is 2.06. The quantitative estimate of drug-likeness (QED) is 0.815. The number of hydrogen-bond acceptors (Lipinski definition) is 2. The lowest BCUT2D eigenvalue weighted by atomic mass is 9.90. The molecule has 2 aromatic rings. The van der Waals surface area contributed by atoms with Crippen LogP contribution in [0.3, 0.4) is 0 Å². The van der Waals surface area contributed by atoms with Crippen LogP contribution in [-0.4, -0.2) is 6.54 Å². The Bertz CT molecular complexity index is 535. The van der Waals surface area contributed by atoms with Crippen molar-refractivity contribution in [2.45, 2.75) is 18.9 Å². The Morgan fingerprint density at radius 2 is 2.24 bits per heavy atom. The van der Waals surface area contributed by atoms with Crippen LogP contribution >= 0.6 is 0 Å². The van der Waals surface area contributed by atoms with Crippen molar-refractivity contribution in [2.24, 2.45) is 0 Å². The lowest BCUT2D eigenvalue weighted by Crippen LogP contribution is -2.31. The van der Waals surface area contributed by atoms with E-state index in [2.05, 4.69) is 12.2 Å². The van der Waals surface area contributed by atoms with Gasteiger partial charge in [0.25, 0.3) is 0 Å². The van der Waals surface area contributed by atoms with E-state index in [1.165, 1.54) is 6.07 Å². The zero-order valence-electron chi connectivity index (χ0n) is 9.61. The normalized spacial score (nSPS) is 23.4. The van der Waals surface area contributed by atoms with Crippen molar-refractivity contribution in [1.29, 1.82) is 0 Å². The predicted molar refractivity (Wildman–Crippen MR) is 63.4 cm³/mol. The highest BCUT2D eigenvalue weighted by molar-refractivity contribution is 5.36. The summed E-state index contributed by atoms with van der Waals surface area (Å²) in [7, 11) is 0. The standard InChI is InChI=1S/C14H14FNO/c1-9-8-16-13(12-5-6-17-14(9)12)10-3-2-4-11(15)7-10/h2-7,9,13,16H,8H2,1H3. The molecule has 0 aliphatic carbocycles. The predicted octanol–water partition coefficient (Wildman–Crippen LogP) is 3.21. The third-order valence-corrected chi connectivity index (χ3v) is 3.30. The Balaban J connectivity index is 2.04. The Kier molecular flexibility index (Phi) is 2.48. The van der Waals surface area contributed by atoms with Gasteiger partial charge in [0.15, 0.2) is 0 Å². The van der Waals surface area contributed by atoms with Gasteiger partial charge in [-0.25, -0.2) is 4.39 Å². The molecule has 2 nitrogen and oxygen atoms in total. The van der Waals surface area contributed by atoms with E-state index in [0.29, 0.717) is 5.92 Å². The molecule has 2 atom stereocenters.